The second-order valence-electron chi connectivity index (χ2n) is 7.96. The molecule has 26 heavy (non-hydrogen) atoms. The maximum atomic E-state index is 11.9. The molecule has 5 nitrogen and oxygen atoms in total. The quantitative estimate of drug-likeness (QED) is 0.486. The molecule has 0 spiro atoms. The molecule has 0 radical (unpaired) electrons. The SMILES string of the molecule is C=C(C)O.CC(C)C(=O)C1CC(NC(=O)CCCOC2CCCCC2)C1.[HH]. The summed E-state index contributed by atoms with van der Waals surface area (Å²) in [5.41, 5.74) is 0. The number of aliphatic hydroxyl groups excluding tert-OH is 1. The van der Waals surface area contributed by atoms with Crippen LogP contribution in [0.3, 0.4) is 0 Å². The molecule has 2 aliphatic rings. The lowest BCUT2D eigenvalue weighted by molar-refractivity contribution is -0.131. The normalized spacial score (nSPS) is 22.8. The van der Waals surface area contributed by atoms with Gasteiger partial charge >= 0.3 is 0 Å². The van der Waals surface area contributed by atoms with Crippen LogP contribution in [-0.4, -0.2) is 35.5 Å². The molecule has 2 rings (SSSR count). The zero-order chi connectivity index (χ0) is 19.5. The molecule has 0 bridgehead atoms. The molecule has 2 saturated carbocycles. The Morgan fingerprint density at radius 2 is 1.81 bits per heavy atom. The third-order valence-corrected chi connectivity index (χ3v) is 4.93. The Hall–Kier alpha value is -1.36. The van der Waals surface area contributed by atoms with Crippen LogP contribution >= 0.6 is 0 Å². The Morgan fingerprint density at radius 3 is 2.35 bits per heavy atom. The molecular weight excluding hydrogens is 330 g/mol. The first-order valence-electron chi connectivity index (χ1n) is 10.1. The smallest absolute Gasteiger partial charge is 0.220 e. The van der Waals surface area contributed by atoms with Crippen molar-refractivity contribution >= 4 is 11.7 Å². The number of carbonyl (C=O) groups is 2. The second-order valence-corrected chi connectivity index (χ2v) is 7.96. The number of aliphatic hydroxyl groups is 1. The average molecular weight is 370 g/mol. The van der Waals surface area contributed by atoms with Crippen LogP contribution in [-0.2, 0) is 14.3 Å². The van der Waals surface area contributed by atoms with Crippen molar-refractivity contribution in [2.45, 2.75) is 90.7 Å². The molecule has 0 heterocycles. The number of rotatable bonds is 8. The Bertz CT molecular complexity index is 451. The van der Waals surface area contributed by atoms with Crippen molar-refractivity contribution in [1.82, 2.24) is 5.32 Å². The van der Waals surface area contributed by atoms with Gasteiger partial charge in [0.15, 0.2) is 0 Å². The first-order valence-corrected chi connectivity index (χ1v) is 10.1. The lowest BCUT2D eigenvalue weighted by Crippen LogP contribution is -2.47. The number of Topliss-reactive ketones (excluding diaryl/α,β-unsaturated/α-hetero) is 1. The summed E-state index contributed by atoms with van der Waals surface area (Å²) in [6, 6.07) is 0.208. The van der Waals surface area contributed by atoms with Crippen molar-refractivity contribution in [3.05, 3.63) is 12.3 Å². The number of hydrogen-bond acceptors (Lipinski definition) is 4. The fraction of sp³-hybridized carbons (Fsp3) is 0.810. The van der Waals surface area contributed by atoms with E-state index in [4.69, 9.17) is 9.84 Å². The van der Waals surface area contributed by atoms with Crippen molar-refractivity contribution in [2.24, 2.45) is 11.8 Å². The molecule has 0 saturated heterocycles. The summed E-state index contributed by atoms with van der Waals surface area (Å²) in [6.07, 6.45) is 9.65. The topological polar surface area (TPSA) is 75.6 Å². The van der Waals surface area contributed by atoms with Gasteiger partial charge < -0.3 is 15.2 Å². The van der Waals surface area contributed by atoms with Crippen molar-refractivity contribution < 1.29 is 20.9 Å². The largest absolute Gasteiger partial charge is 0.513 e. The molecule has 5 heteroatoms. The Morgan fingerprint density at radius 1 is 1.23 bits per heavy atom. The molecule has 2 N–H and O–H groups in total. The summed E-state index contributed by atoms with van der Waals surface area (Å²) in [6.45, 7) is 9.22. The number of ketones is 1. The summed E-state index contributed by atoms with van der Waals surface area (Å²) in [5.74, 6) is 0.887. The maximum absolute atomic E-state index is 11.9. The second kappa shape index (κ2) is 12.1. The Kier molecular flexibility index (Phi) is 10.6. The Balaban J connectivity index is 0.00000123. The van der Waals surface area contributed by atoms with E-state index in [1.54, 1.807) is 0 Å². The first-order chi connectivity index (χ1) is 12.3. The van der Waals surface area contributed by atoms with Crippen molar-refractivity contribution in [3.8, 4) is 0 Å². The van der Waals surface area contributed by atoms with Crippen LogP contribution in [0, 0.1) is 11.8 Å². The molecule has 0 aromatic heterocycles. The highest BCUT2D eigenvalue weighted by Crippen LogP contribution is 2.30. The molecular formula is C21H39NO4. The molecule has 0 unspecified atom stereocenters. The standard InChI is InChI=1S/C18H31NO3.C3H6O.H2/c1-13(2)18(21)14-11-15(12-14)19-17(20)9-6-10-22-16-7-4-3-5-8-16;1-3(2)4;/h13-16H,3-12H2,1-2H3,(H,19,20);4H,1H2,2H3;1H. The number of amides is 1. The fourth-order valence-electron chi connectivity index (χ4n) is 3.45. The Labute approximate surface area is 160 Å². The van der Waals surface area contributed by atoms with Crippen LogP contribution in [0.4, 0.5) is 0 Å². The summed E-state index contributed by atoms with van der Waals surface area (Å²) in [4.78, 5) is 23.6. The molecule has 152 valence electrons. The molecule has 0 aromatic carbocycles. The number of allylic oxidation sites excluding steroid dienone is 1. The van der Waals surface area contributed by atoms with Crippen LogP contribution in [0.5, 0.6) is 0 Å². The van der Waals surface area contributed by atoms with Crippen LogP contribution in [0.2, 0.25) is 0 Å². The van der Waals surface area contributed by atoms with Crippen molar-refractivity contribution in [1.29, 1.82) is 0 Å². The predicted molar refractivity (Wildman–Crippen MR) is 106 cm³/mol. The zero-order valence-corrected chi connectivity index (χ0v) is 16.8. The van der Waals surface area contributed by atoms with E-state index < -0.39 is 0 Å². The van der Waals surface area contributed by atoms with E-state index in [0.29, 0.717) is 24.9 Å². The number of nitrogens with one attached hydrogen (secondary N) is 1. The highest BCUT2D eigenvalue weighted by Gasteiger charge is 2.35. The average Bonchev–Trinajstić information content (AvgIpc) is 2.54. The van der Waals surface area contributed by atoms with Crippen LogP contribution in [0.15, 0.2) is 12.3 Å². The molecule has 2 fully saturated rings. The highest BCUT2D eigenvalue weighted by atomic mass is 16.5. The zero-order valence-electron chi connectivity index (χ0n) is 16.8. The number of carbonyl (C=O) groups excluding carboxylic acids is 2. The van der Waals surface area contributed by atoms with Crippen molar-refractivity contribution in [3.63, 3.8) is 0 Å². The van der Waals surface area contributed by atoms with Gasteiger partial charge in [-0.3, -0.25) is 9.59 Å². The number of hydrogen-bond donors (Lipinski definition) is 2. The predicted octanol–water partition coefficient (Wildman–Crippen LogP) is 4.56. The highest BCUT2D eigenvalue weighted by molar-refractivity contribution is 5.84. The summed E-state index contributed by atoms with van der Waals surface area (Å²) in [5, 5.41) is 10.9. The van der Waals surface area contributed by atoms with E-state index in [1.807, 2.05) is 13.8 Å². The summed E-state index contributed by atoms with van der Waals surface area (Å²) in [7, 11) is 0. The molecule has 0 atom stereocenters. The van der Waals surface area contributed by atoms with E-state index in [9.17, 15) is 9.59 Å². The van der Waals surface area contributed by atoms with Gasteiger partial charge in [-0.1, -0.05) is 39.7 Å². The van der Waals surface area contributed by atoms with E-state index >= 15 is 0 Å². The van der Waals surface area contributed by atoms with E-state index in [0.717, 1.165) is 19.3 Å². The fourth-order valence-corrected chi connectivity index (χ4v) is 3.45. The molecule has 1 amide bonds. The molecule has 2 aliphatic carbocycles. The van der Waals surface area contributed by atoms with Gasteiger partial charge in [-0.25, -0.2) is 0 Å². The minimum absolute atomic E-state index is 0. The minimum Gasteiger partial charge on any atom is -0.513 e. The third kappa shape index (κ3) is 9.37. The molecule has 0 aliphatic heterocycles. The van der Waals surface area contributed by atoms with Gasteiger partial charge in [-0.15, -0.1) is 0 Å². The number of ether oxygens (including phenoxy) is 1. The minimum atomic E-state index is 0. The van der Waals surface area contributed by atoms with Gasteiger partial charge in [-0.05, 0) is 39.0 Å². The van der Waals surface area contributed by atoms with Gasteiger partial charge in [-0.2, -0.15) is 0 Å². The van der Waals surface area contributed by atoms with Gasteiger partial charge in [0.1, 0.15) is 5.78 Å². The van der Waals surface area contributed by atoms with E-state index in [-0.39, 0.29) is 31.0 Å². The van der Waals surface area contributed by atoms with Crippen LogP contribution in [0.1, 0.15) is 80.0 Å². The molecule has 0 aromatic rings. The van der Waals surface area contributed by atoms with Gasteiger partial charge in [0.25, 0.3) is 0 Å². The maximum Gasteiger partial charge on any atom is 0.220 e. The van der Waals surface area contributed by atoms with Crippen LogP contribution in [0.25, 0.3) is 0 Å². The van der Waals surface area contributed by atoms with Crippen LogP contribution < -0.4 is 5.32 Å². The van der Waals surface area contributed by atoms with E-state index in [2.05, 4.69) is 11.9 Å². The lowest BCUT2D eigenvalue weighted by Gasteiger charge is -2.35. The van der Waals surface area contributed by atoms with Gasteiger partial charge in [0.05, 0.1) is 11.9 Å². The summed E-state index contributed by atoms with van der Waals surface area (Å²) < 4.78 is 5.83. The van der Waals surface area contributed by atoms with Gasteiger partial charge in [0, 0.05) is 32.3 Å². The third-order valence-electron chi connectivity index (χ3n) is 4.93. The summed E-state index contributed by atoms with van der Waals surface area (Å²) >= 11 is 0. The lowest BCUT2D eigenvalue weighted by atomic mass is 9.75. The van der Waals surface area contributed by atoms with Crippen molar-refractivity contribution in [2.75, 3.05) is 6.61 Å². The monoisotopic (exact) mass is 369 g/mol. The van der Waals surface area contributed by atoms with Gasteiger partial charge in [0.2, 0.25) is 5.91 Å². The first kappa shape index (κ1) is 22.7. The van der Waals surface area contributed by atoms with E-state index in [1.165, 1.54) is 39.0 Å².